The largest absolute Gasteiger partial charge is 0.351 e. The maximum absolute atomic E-state index is 12.3. The van der Waals surface area contributed by atoms with Gasteiger partial charge in [-0.05, 0) is 32.0 Å². The average Bonchev–Trinajstić information content (AvgIpc) is 3.40. The van der Waals surface area contributed by atoms with Gasteiger partial charge in [0.1, 0.15) is 5.01 Å². The lowest BCUT2D eigenvalue weighted by Gasteiger charge is -2.02. The van der Waals surface area contributed by atoms with Crippen molar-refractivity contribution in [2.75, 3.05) is 0 Å². The van der Waals surface area contributed by atoms with Crippen LogP contribution in [0.3, 0.4) is 0 Å². The highest BCUT2D eigenvalue weighted by Crippen LogP contribution is 2.29. The molecule has 0 unspecified atom stereocenters. The number of hydrogen-bond donors (Lipinski definition) is 1. The van der Waals surface area contributed by atoms with Crippen molar-refractivity contribution in [3.8, 4) is 21.1 Å². The van der Waals surface area contributed by atoms with Crippen LogP contribution in [0.2, 0.25) is 0 Å². The summed E-state index contributed by atoms with van der Waals surface area (Å²) < 4.78 is 0. The maximum Gasteiger partial charge on any atom is 0.226 e. The fourth-order valence-corrected chi connectivity index (χ4v) is 5.21. The van der Waals surface area contributed by atoms with E-state index in [0.29, 0.717) is 13.0 Å². The minimum Gasteiger partial charge on any atom is -0.351 e. The van der Waals surface area contributed by atoms with Gasteiger partial charge >= 0.3 is 0 Å². The van der Waals surface area contributed by atoms with Crippen molar-refractivity contribution in [3.05, 3.63) is 68.3 Å². The molecule has 1 N–H and O–H groups in total. The highest BCUT2D eigenvalue weighted by molar-refractivity contribution is 7.16. The molecule has 3 aromatic heterocycles. The number of thiophene rings is 1. The van der Waals surface area contributed by atoms with Gasteiger partial charge in [-0.2, -0.15) is 0 Å². The molecule has 0 aliphatic rings. The van der Waals surface area contributed by atoms with E-state index in [1.165, 1.54) is 5.56 Å². The zero-order valence-electron chi connectivity index (χ0n) is 15.6. The van der Waals surface area contributed by atoms with Crippen LogP contribution in [0.5, 0.6) is 0 Å². The number of thiazole rings is 2. The summed E-state index contributed by atoms with van der Waals surface area (Å²) in [4.78, 5) is 23.7. The first-order valence-electron chi connectivity index (χ1n) is 8.86. The number of carbonyl (C=O) groups excluding carboxylic acids is 1. The average molecular weight is 426 g/mol. The number of rotatable bonds is 6. The molecule has 0 spiro atoms. The Morgan fingerprint density at radius 3 is 2.75 bits per heavy atom. The van der Waals surface area contributed by atoms with Gasteiger partial charge in [0.25, 0.3) is 0 Å². The molecule has 4 rings (SSSR count). The van der Waals surface area contributed by atoms with Crippen molar-refractivity contribution in [1.82, 2.24) is 15.3 Å². The number of aromatic nitrogens is 2. The van der Waals surface area contributed by atoms with Gasteiger partial charge in [0, 0.05) is 21.2 Å². The van der Waals surface area contributed by atoms with Crippen LogP contribution in [0.1, 0.15) is 21.1 Å². The molecular formula is C21H19N3OS3. The Balaban J connectivity index is 1.33. The standard InChI is InChI=1S/C21H19N3OS3/c1-13-4-3-5-15(8-13)21-24-16(11-27-21)9-20(25)22-10-17-6-7-19(28-17)18-12-26-14(2)23-18/h3-8,11-12H,9-10H2,1-2H3,(H,22,25). The van der Waals surface area contributed by atoms with E-state index in [1.807, 2.05) is 30.5 Å². The quantitative estimate of drug-likeness (QED) is 0.446. The highest BCUT2D eigenvalue weighted by Gasteiger charge is 2.11. The normalized spacial score (nSPS) is 10.9. The van der Waals surface area contributed by atoms with E-state index in [4.69, 9.17) is 0 Å². The Morgan fingerprint density at radius 2 is 1.96 bits per heavy atom. The van der Waals surface area contributed by atoms with E-state index < -0.39 is 0 Å². The Morgan fingerprint density at radius 1 is 1.07 bits per heavy atom. The Hall–Kier alpha value is -2.35. The summed E-state index contributed by atoms with van der Waals surface area (Å²) in [5.41, 5.74) is 4.12. The highest BCUT2D eigenvalue weighted by atomic mass is 32.1. The fourth-order valence-electron chi connectivity index (χ4n) is 2.80. The van der Waals surface area contributed by atoms with E-state index in [1.54, 1.807) is 34.0 Å². The van der Waals surface area contributed by atoms with Crippen molar-refractivity contribution in [2.45, 2.75) is 26.8 Å². The fraction of sp³-hybridized carbons (Fsp3) is 0.190. The summed E-state index contributed by atoms with van der Waals surface area (Å²) in [5.74, 6) is -0.0134. The lowest BCUT2D eigenvalue weighted by molar-refractivity contribution is -0.120. The van der Waals surface area contributed by atoms with Crippen LogP contribution in [0.4, 0.5) is 0 Å². The smallest absolute Gasteiger partial charge is 0.226 e. The molecule has 0 saturated carbocycles. The van der Waals surface area contributed by atoms with Crippen LogP contribution in [0.15, 0.2) is 47.2 Å². The second kappa shape index (κ2) is 8.34. The summed E-state index contributed by atoms with van der Waals surface area (Å²) >= 11 is 4.89. The van der Waals surface area contributed by atoms with E-state index in [0.717, 1.165) is 36.7 Å². The molecule has 4 aromatic rings. The van der Waals surface area contributed by atoms with Crippen molar-refractivity contribution in [2.24, 2.45) is 0 Å². The van der Waals surface area contributed by atoms with E-state index >= 15 is 0 Å². The molecule has 0 aliphatic heterocycles. The number of nitrogens with zero attached hydrogens (tertiary/aromatic N) is 2. The van der Waals surface area contributed by atoms with Crippen LogP contribution in [-0.4, -0.2) is 15.9 Å². The zero-order valence-corrected chi connectivity index (χ0v) is 18.0. The van der Waals surface area contributed by atoms with Gasteiger partial charge in [-0.3, -0.25) is 4.79 Å². The van der Waals surface area contributed by atoms with E-state index in [2.05, 4.69) is 45.8 Å². The summed E-state index contributed by atoms with van der Waals surface area (Å²) in [5, 5.41) is 9.04. The minimum atomic E-state index is -0.0134. The Labute approximate surface area is 175 Å². The summed E-state index contributed by atoms with van der Waals surface area (Å²) in [6, 6.07) is 12.4. The molecule has 0 aliphatic carbocycles. The second-order valence-corrected chi connectivity index (χ2v) is 9.57. The molecule has 0 radical (unpaired) electrons. The van der Waals surface area contributed by atoms with Gasteiger partial charge in [-0.15, -0.1) is 34.0 Å². The predicted molar refractivity (Wildman–Crippen MR) is 118 cm³/mol. The molecule has 142 valence electrons. The predicted octanol–water partition coefficient (Wildman–Crippen LogP) is 5.47. The zero-order chi connectivity index (χ0) is 19.5. The molecule has 7 heteroatoms. The van der Waals surface area contributed by atoms with Crippen LogP contribution >= 0.6 is 34.0 Å². The van der Waals surface area contributed by atoms with Gasteiger partial charge in [0.15, 0.2) is 0 Å². The minimum absolute atomic E-state index is 0.0134. The summed E-state index contributed by atoms with van der Waals surface area (Å²) in [6.07, 6.45) is 0.297. The monoisotopic (exact) mass is 425 g/mol. The Kier molecular flexibility index (Phi) is 5.66. The second-order valence-electron chi connectivity index (χ2n) is 6.48. The number of carbonyl (C=O) groups is 1. The molecule has 28 heavy (non-hydrogen) atoms. The van der Waals surface area contributed by atoms with Crippen molar-refractivity contribution in [3.63, 3.8) is 0 Å². The van der Waals surface area contributed by atoms with Gasteiger partial charge in [-0.25, -0.2) is 9.97 Å². The molecule has 0 saturated heterocycles. The molecule has 3 heterocycles. The maximum atomic E-state index is 12.3. The molecular weight excluding hydrogens is 406 g/mol. The van der Waals surface area contributed by atoms with Gasteiger partial charge in [0.2, 0.25) is 5.91 Å². The lowest BCUT2D eigenvalue weighted by Crippen LogP contribution is -2.24. The number of amides is 1. The SMILES string of the molecule is Cc1cccc(-c2nc(CC(=O)NCc3ccc(-c4csc(C)n4)s3)cs2)c1. The molecule has 1 amide bonds. The first-order valence-corrected chi connectivity index (χ1v) is 11.4. The lowest BCUT2D eigenvalue weighted by atomic mass is 10.1. The van der Waals surface area contributed by atoms with Crippen LogP contribution in [0.25, 0.3) is 21.1 Å². The van der Waals surface area contributed by atoms with Crippen molar-refractivity contribution >= 4 is 39.9 Å². The first-order chi connectivity index (χ1) is 13.6. The molecule has 0 fully saturated rings. The van der Waals surface area contributed by atoms with Gasteiger partial charge in [-0.1, -0.05) is 23.8 Å². The van der Waals surface area contributed by atoms with Crippen LogP contribution in [-0.2, 0) is 17.8 Å². The molecule has 0 atom stereocenters. The third-order valence-electron chi connectivity index (χ3n) is 4.15. The number of hydrogen-bond acceptors (Lipinski definition) is 6. The first kappa shape index (κ1) is 19.0. The van der Waals surface area contributed by atoms with Crippen LogP contribution < -0.4 is 5.32 Å². The summed E-state index contributed by atoms with van der Waals surface area (Å²) in [7, 11) is 0. The number of nitrogens with one attached hydrogen (secondary N) is 1. The van der Waals surface area contributed by atoms with E-state index in [-0.39, 0.29) is 5.91 Å². The third kappa shape index (κ3) is 4.55. The molecule has 0 bridgehead atoms. The summed E-state index contributed by atoms with van der Waals surface area (Å²) in [6.45, 7) is 4.60. The molecule has 1 aromatic carbocycles. The topological polar surface area (TPSA) is 54.9 Å². The van der Waals surface area contributed by atoms with Gasteiger partial charge < -0.3 is 5.32 Å². The Bertz CT molecular complexity index is 1110. The van der Waals surface area contributed by atoms with E-state index in [9.17, 15) is 4.79 Å². The number of benzene rings is 1. The number of aryl methyl sites for hydroxylation is 2. The van der Waals surface area contributed by atoms with Gasteiger partial charge in [0.05, 0.1) is 34.2 Å². The molecule has 4 nitrogen and oxygen atoms in total. The van der Waals surface area contributed by atoms with Crippen LogP contribution in [0, 0.1) is 13.8 Å². The third-order valence-corrected chi connectivity index (χ3v) is 6.97. The van der Waals surface area contributed by atoms with Crippen molar-refractivity contribution in [1.29, 1.82) is 0 Å². The van der Waals surface area contributed by atoms with Crippen molar-refractivity contribution < 1.29 is 4.79 Å².